The number of hydrogen-bond acceptors (Lipinski definition) is 5. The summed E-state index contributed by atoms with van der Waals surface area (Å²) < 4.78 is 16.9. The Morgan fingerprint density at radius 3 is 2.73 bits per heavy atom. The molecule has 1 heterocycles. The van der Waals surface area contributed by atoms with Crippen LogP contribution < -0.4 is 5.73 Å². The predicted molar refractivity (Wildman–Crippen MR) is 53.2 cm³/mol. The third-order valence-corrected chi connectivity index (χ3v) is 2.88. The summed E-state index contributed by atoms with van der Waals surface area (Å²) in [6, 6.07) is -0.0412. The van der Waals surface area contributed by atoms with Gasteiger partial charge in [0.2, 0.25) is 0 Å². The highest BCUT2D eigenvalue weighted by Gasteiger charge is 2.53. The second-order valence-electron chi connectivity index (χ2n) is 4.60. The minimum atomic E-state index is -0.575. The molecule has 5 nitrogen and oxygen atoms in total. The van der Waals surface area contributed by atoms with Gasteiger partial charge in [-0.3, -0.25) is 0 Å². The summed E-state index contributed by atoms with van der Waals surface area (Å²) in [5.41, 5.74) is 5.96. The van der Waals surface area contributed by atoms with Gasteiger partial charge in [-0.2, -0.15) is 0 Å². The molecule has 1 aliphatic heterocycles. The van der Waals surface area contributed by atoms with Crippen molar-refractivity contribution in [1.82, 2.24) is 0 Å². The summed E-state index contributed by atoms with van der Waals surface area (Å²) in [5.74, 6) is -0.575. The van der Waals surface area contributed by atoms with Crippen LogP contribution in [0.3, 0.4) is 0 Å². The summed E-state index contributed by atoms with van der Waals surface area (Å²) in [4.78, 5) is 0. The normalized spacial score (nSPS) is 43.2. The number of hydrogen-bond donors (Lipinski definition) is 2. The molecule has 0 unspecified atom stereocenters. The molecule has 0 aromatic heterocycles. The largest absolute Gasteiger partial charge is 0.394 e. The average Bonchev–Trinajstić information content (AvgIpc) is 2.60. The molecule has 0 bridgehead atoms. The van der Waals surface area contributed by atoms with E-state index in [4.69, 9.17) is 25.1 Å². The van der Waals surface area contributed by atoms with Crippen molar-refractivity contribution >= 4 is 0 Å². The van der Waals surface area contributed by atoms with Gasteiger partial charge in [-0.05, 0) is 20.3 Å². The Hall–Kier alpha value is -0.200. The van der Waals surface area contributed by atoms with Crippen molar-refractivity contribution in [2.75, 3.05) is 13.2 Å². The Bertz CT molecular complexity index is 233. The van der Waals surface area contributed by atoms with Crippen LogP contribution in [-0.4, -0.2) is 48.5 Å². The van der Waals surface area contributed by atoms with Crippen molar-refractivity contribution in [3.8, 4) is 0 Å². The molecule has 0 amide bonds. The summed E-state index contributed by atoms with van der Waals surface area (Å²) in [7, 11) is 0. The van der Waals surface area contributed by atoms with Gasteiger partial charge in [0, 0.05) is 6.04 Å². The standard InChI is InChI=1S/C10H19NO4/c1-10(2)14-8-6(11)5-7(9(8)15-10)13-4-3-12/h6-9,12H,3-5,11H2,1-2H3/t6-,7+,8+,9+/m0/s1. The van der Waals surface area contributed by atoms with Gasteiger partial charge < -0.3 is 25.1 Å². The van der Waals surface area contributed by atoms with E-state index in [1.54, 1.807) is 0 Å². The number of fused-ring (bicyclic) bond motifs is 1. The molecule has 2 rings (SSSR count). The lowest BCUT2D eigenvalue weighted by Gasteiger charge is -2.22. The third kappa shape index (κ3) is 2.16. The van der Waals surface area contributed by atoms with Crippen molar-refractivity contribution in [2.45, 2.75) is 50.4 Å². The topological polar surface area (TPSA) is 73.9 Å². The molecule has 2 aliphatic rings. The maximum atomic E-state index is 8.71. The fourth-order valence-corrected chi connectivity index (χ4v) is 2.34. The fraction of sp³-hybridized carbons (Fsp3) is 1.00. The number of nitrogens with two attached hydrogens (primary N) is 1. The van der Waals surface area contributed by atoms with E-state index in [-0.39, 0.29) is 31.0 Å². The van der Waals surface area contributed by atoms with Crippen LogP contribution in [0.15, 0.2) is 0 Å². The van der Waals surface area contributed by atoms with Gasteiger partial charge in [-0.25, -0.2) is 0 Å². The molecule has 0 aromatic rings. The second-order valence-corrected chi connectivity index (χ2v) is 4.60. The van der Waals surface area contributed by atoms with Crippen molar-refractivity contribution in [2.24, 2.45) is 5.73 Å². The highest BCUT2D eigenvalue weighted by molar-refractivity contribution is 5.01. The van der Waals surface area contributed by atoms with Gasteiger partial charge in [0.15, 0.2) is 5.79 Å². The smallest absolute Gasteiger partial charge is 0.163 e. The first kappa shape index (κ1) is 11.3. The average molecular weight is 217 g/mol. The molecule has 4 atom stereocenters. The summed E-state index contributed by atoms with van der Waals surface area (Å²) in [5, 5.41) is 8.71. The highest BCUT2D eigenvalue weighted by atomic mass is 16.8. The minimum Gasteiger partial charge on any atom is -0.394 e. The molecule has 15 heavy (non-hydrogen) atoms. The van der Waals surface area contributed by atoms with Crippen LogP contribution in [0.1, 0.15) is 20.3 Å². The Balaban J connectivity index is 1.99. The molecule has 1 aliphatic carbocycles. The first-order chi connectivity index (χ1) is 7.03. The van der Waals surface area contributed by atoms with Gasteiger partial charge >= 0.3 is 0 Å². The van der Waals surface area contributed by atoms with Gasteiger partial charge in [0.25, 0.3) is 0 Å². The number of aliphatic hydroxyl groups excluding tert-OH is 1. The molecule has 1 saturated heterocycles. The van der Waals surface area contributed by atoms with Gasteiger partial charge in [0.05, 0.1) is 19.3 Å². The van der Waals surface area contributed by atoms with Crippen LogP contribution in [0.4, 0.5) is 0 Å². The van der Waals surface area contributed by atoms with Gasteiger partial charge in [-0.1, -0.05) is 0 Å². The second kappa shape index (κ2) is 3.99. The lowest BCUT2D eigenvalue weighted by atomic mass is 10.2. The molecule has 2 fully saturated rings. The number of ether oxygens (including phenoxy) is 3. The molecule has 5 heteroatoms. The molecular weight excluding hydrogens is 198 g/mol. The first-order valence-electron chi connectivity index (χ1n) is 5.37. The molecule has 0 radical (unpaired) electrons. The zero-order valence-corrected chi connectivity index (χ0v) is 9.18. The van der Waals surface area contributed by atoms with Crippen LogP contribution in [-0.2, 0) is 14.2 Å². The first-order valence-corrected chi connectivity index (χ1v) is 5.37. The maximum absolute atomic E-state index is 8.71. The highest BCUT2D eigenvalue weighted by Crippen LogP contribution is 2.38. The summed E-state index contributed by atoms with van der Waals surface area (Å²) >= 11 is 0. The lowest BCUT2D eigenvalue weighted by Crippen LogP contribution is -2.35. The van der Waals surface area contributed by atoms with Crippen LogP contribution in [0, 0.1) is 0 Å². The molecule has 1 saturated carbocycles. The Kier molecular flexibility index (Phi) is 3.00. The van der Waals surface area contributed by atoms with E-state index in [2.05, 4.69) is 0 Å². The van der Waals surface area contributed by atoms with E-state index in [1.165, 1.54) is 0 Å². The van der Waals surface area contributed by atoms with E-state index >= 15 is 0 Å². The Labute approximate surface area is 89.5 Å². The van der Waals surface area contributed by atoms with E-state index in [0.717, 1.165) is 6.42 Å². The molecular formula is C10H19NO4. The van der Waals surface area contributed by atoms with Crippen LogP contribution in [0.5, 0.6) is 0 Å². The van der Waals surface area contributed by atoms with E-state index in [9.17, 15) is 0 Å². The third-order valence-electron chi connectivity index (χ3n) is 2.88. The van der Waals surface area contributed by atoms with Crippen molar-refractivity contribution < 1.29 is 19.3 Å². The predicted octanol–water partition coefficient (Wildman–Crippen LogP) is -0.385. The van der Waals surface area contributed by atoms with E-state index in [0.29, 0.717) is 6.61 Å². The molecule has 0 aromatic carbocycles. The van der Waals surface area contributed by atoms with Gasteiger partial charge in [-0.15, -0.1) is 0 Å². The van der Waals surface area contributed by atoms with Gasteiger partial charge in [0.1, 0.15) is 12.2 Å². The molecule has 88 valence electrons. The van der Waals surface area contributed by atoms with E-state index < -0.39 is 5.79 Å². The van der Waals surface area contributed by atoms with Crippen molar-refractivity contribution in [3.63, 3.8) is 0 Å². The monoisotopic (exact) mass is 217 g/mol. The number of aliphatic hydroxyl groups is 1. The maximum Gasteiger partial charge on any atom is 0.163 e. The Morgan fingerprint density at radius 1 is 1.40 bits per heavy atom. The van der Waals surface area contributed by atoms with Crippen molar-refractivity contribution in [3.05, 3.63) is 0 Å². The molecule has 0 spiro atoms. The minimum absolute atomic E-state index is 0.0212. The summed E-state index contributed by atoms with van der Waals surface area (Å²) in [6.07, 6.45) is 0.495. The quantitative estimate of drug-likeness (QED) is 0.674. The zero-order valence-electron chi connectivity index (χ0n) is 9.18. The summed E-state index contributed by atoms with van der Waals surface area (Å²) in [6.45, 7) is 4.10. The lowest BCUT2D eigenvalue weighted by molar-refractivity contribution is -0.168. The molecule has 3 N–H and O–H groups in total. The van der Waals surface area contributed by atoms with Crippen LogP contribution in [0.25, 0.3) is 0 Å². The van der Waals surface area contributed by atoms with Crippen LogP contribution >= 0.6 is 0 Å². The SMILES string of the molecule is CC1(C)O[C@H]2[C@H](O1)[C@H](OCCO)C[C@@H]2N. The van der Waals surface area contributed by atoms with E-state index in [1.807, 2.05) is 13.8 Å². The fourth-order valence-electron chi connectivity index (χ4n) is 2.34. The van der Waals surface area contributed by atoms with Crippen LogP contribution in [0.2, 0.25) is 0 Å². The van der Waals surface area contributed by atoms with Crippen molar-refractivity contribution in [1.29, 1.82) is 0 Å². The zero-order chi connectivity index (χ0) is 11.1. The Morgan fingerprint density at radius 2 is 2.07 bits per heavy atom. The number of rotatable bonds is 3.